The van der Waals surface area contributed by atoms with Gasteiger partial charge in [0.05, 0.1) is 0 Å². The van der Waals surface area contributed by atoms with Crippen LogP contribution in [0.3, 0.4) is 0 Å². The molecule has 8 heteroatoms. The van der Waals surface area contributed by atoms with E-state index in [0.29, 0.717) is 5.82 Å². The van der Waals surface area contributed by atoms with Crippen LogP contribution in [0.25, 0.3) is 11.0 Å². The fourth-order valence-electron chi connectivity index (χ4n) is 1.53. The molecule has 0 aliphatic heterocycles. The van der Waals surface area contributed by atoms with E-state index in [1.165, 1.54) is 0 Å². The van der Waals surface area contributed by atoms with E-state index in [-0.39, 0.29) is 18.9 Å². The SMILES string of the molecule is C[C-](c1nn[nH]n1)n1nnc2ccccc21.[Li+]. The molecule has 3 aromatic rings. The molecule has 0 spiro atoms. The van der Waals surface area contributed by atoms with Crippen molar-refractivity contribution in [3.63, 3.8) is 0 Å². The largest absolute Gasteiger partial charge is 1.00 e. The second kappa shape index (κ2) is 4.57. The number of benzene rings is 1. The molecule has 0 saturated heterocycles. The predicted molar refractivity (Wildman–Crippen MR) is 55.1 cm³/mol. The van der Waals surface area contributed by atoms with Crippen LogP contribution >= 0.6 is 0 Å². The standard InChI is InChI=1S/C9H8N7.Li/c1-6(9-11-13-14-12-9)16-8-5-3-2-4-7(8)10-15-16;/h2-5H,1H3,(H,11,12,13,14);/q-1;+1. The third-order valence-corrected chi connectivity index (χ3v) is 2.34. The molecule has 0 fully saturated rings. The van der Waals surface area contributed by atoms with Gasteiger partial charge in [0, 0.05) is 5.52 Å². The van der Waals surface area contributed by atoms with E-state index in [1.54, 1.807) is 4.68 Å². The first-order valence-electron chi connectivity index (χ1n) is 4.74. The van der Waals surface area contributed by atoms with Crippen LogP contribution in [0.15, 0.2) is 24.3 Å². The van der Waals surface area contributed by atoms with Crippen molar-refractivity contribution in [2.45, 2.75) is 6.92 Å². The first kappa shape index (κ1) is 11.6. The molecule has 1 aromatic carbocycles. The first-order chi connectivity index (χ1) is 7.86. The van der Waals surface area contributed by atoms with E-state index in [4.69, 9.17) is 0 Å². The average Bonchev–Trinajstić information content (AvgIpc) is 2.98. The number of nitrogens with one attached hydrogen (secondary N) is 1. The average molecular weight is 221 g/mol. The van der Waals surface area contributed by atoms with Gasteiger partial charge in [0.25, 0.3) is 0 Å². The molecular weight excluding hydrogens is 213 g/mol. The third-order valence-electron chi connectivity index (χ3n) is 2.34. The molecule has 0 unspecified atom stereocenters. The van der Waals surface area contributed by atoms with Gasteiger partial charge in [0.15, 0.2) is 0 Å². The minimum Gasteiger partial charge on any atom is -0.368 e. The minimum atomic E-state index is 0. The van der Waals surface area contributed by atoms with E-state index in [0.717, 1.165) is 17.1 Å². The Hall–Kier alpha value is -1.84. The van der Waals surface area contributed by atoms with Crippen LogP contribution in [0.5, 0.6) is 0 Å². The fraction of sp³-hybridized carbons (Fsp3) is 0.111. The maximum Gasteiger partial charge on any atom is 1.00 e. The Balaban J connectivity index is 0.00000108. The topological polar surface area (TPSA) is 85.2 Å². The number of aromatic amines is 1. The maximum atomic E-state index is 4.06. The summed E-state index contributed by atoms with van der Waals surface area (Å²) in [4.78, 5) is 0. The fourth-order valence-corrected chi connectivity index (χ4v) is 1.53. The Labute approximate surface area is 109 Å². The Morgan fingerprint density at radius 2 is 2.06 bits per heavy atom. The number of tetrazole rings is 1. The molecular formula is C9H8LiN7. The van der Waals surface area contributed by atoms with Crippen LogP contribution < -0.4 is 18.9 Å². The van der Waals surface area contributed by atoms with Gasteiger partial charge in [0.1, 0.15) is 5.82 Å². The molecule has 80 valence electrons. The molecule has 7 nitrogen and oxygen atoms in total. The van der Waals surface area contributed by atoms with Gasteiger partial charge in [-0.2, -0.15) is 15.4 Å². The number of nitrogens with zero attached hydrogens (tertiary/aromatic N) is 6. The molecule has 1 N–H and O–H groups in total. The van der Waals surface area contributed by atoms with Gasteiger partial charge in [-0.3, -0.25) is 0 Å². The summed E-state index contributed by atoms with van der Waals surface area (Å²) in [5.74, 6) is 0.510. The third kappa shape index (κ3) is 1.90. The van der Waals surface area contributed by atoms with Crippen molar-refractivity contribution in [1.82, 2.24) is 35.6 Å². The zero-order chi connectivity index (χ0) is 11.0. The summed E-state index contributed by atoms with van der Waals surface area (Å²) in [7, 11) is 0. The number of hydrogen-bond donors (Lipinski definition) is 1. The summed E-state index contributed by atoms with van der Waals surface area (Å²) in [5, 5.41) is 21.8. The number of H-pyrrole nitrogens is 1. The number of para-hydroxylation sites is 1. The van der Waals surface area contributed by atoms with Crippen molar-refractivity contribution < 1.29 is 18.9 Å². The molecule has 0 atom stereocenters. The Morgan fingerprint density at radius 3 is 2.82 bits per heavy atom. The minimum absolute atomic E-state index is 0. The molecule has 0 amide bonds. The summed E-state index contributed by atoms with van der Waals surface area (Å²) >= 11 is 0. The van der Waals surface area contributed by atoms with Crippen LogP contribution in [0.1, 0.15) is 12.7 Å². The molecule has 2 heterocycles. The number of hydrogen-bond acceptors (Lipinski definition) is 5. The Kier molecular flexibility index (Phi) is 3.13. The van der Waals surface area contributed by atoms with Crippen molar-refractivity contribution in [2.75, 3.05) is 0 Å². The van der Waals surface area contributed by atoms with Crippen molar-refractivity contribution in [2.24, 2.45) is 0 Å². The summed E-state index contributed by atoms with van der Waals surface area (Å²) in [6.45, 7) is 1.87. The molecule has 0 bridgehead atoms. The van der Waals surface area contributed by atoms with Crippen LogP contribution in [0.4, 0.5) is 0 Å². The first-order valence-corrected chi connectivity index (χ1v) is 4.74. The maximum absolute atomic E-state index is 4.06. The Bertz CT molecular complexity index is 603. The summed E-state index contributed by atoms with van der Waals surface area (Å²) in [6.07, 6.45) is 0. The van der Waals surface area contributed by atoms with Gasteiger partial charge in [0.2, 0.25) is 0 Å². The molecule has 0 saturated carbocycles. The van der Waals surface area contributed by atoms with Gasteiger partial charge < -0.3 is 4.68 Å². The quantitative estimate of drug-likeness (QED) is 0.379. The van der Waals surface area contributed by atoms with E-state index in [1.807, 2.05) is 31.2 Å². The second-order valence-corrected chi connectivity index (χ2v) is 3.31. The van der Waals surface area contributed by atoms with E-state index in [2.05, 4.69) is 30.9 Å². The predicted octanol–water partition coefficient (Wildman–Crippen LogP) is -2.60. The number of rotatable bonds is 2. The molecule has 17 heavy (non-hydrogen) atoms. The van der Waals surface area contributed by atoms with Crippen molar-refractivity contribution >= 4 is 11.0 Å². The zero-order valence-electron chi connectivity index (χ0n) is 9.49. The Morgan fingerprint density at radius 1 is 1.24 bits per heavy atom. The van der Waals surface area contributed by atoms with Gasteiger partial charge in [-0.1, -0.05) is 47.1 Å². The van der Waals surface area contributed by atoms with Gasteiger partial charge in [-0.05, 0) is 0 Å². The smallest absolute Gasteiger partial charge is 0.368 e. The van der Waals surface area contributed by atoms with Gasteiger partial charge >= 0.3 is 18.9 Å². The monoisotopic (exact) mass is 221 g/mol. The van der Waals surface area contributed by atoms with Crippen molar-refractivity contribution in [1.29, 1.82) is 0 Å². The van der Waals surface area contributed by atoms with Gasteiger partial charge in [-0.25, -0.2) is 0 Å². The normalized spacial score (nSPS) is 10.2. The summed E-state index contributed by atoms with van der Waals surface area (Å²) in [5.41, 5.74) is 1.76. The second-order valence-electron chi connectivity index (χ2n) is 3.31. The van der Waals surface area contributed by atoms with Crippen LogP contribution in [0.2, 0.25) is 0 Å². The van der Waals surface area contributed by atoms with E-state index >= 15 is 0 Å². The number of fused-ring (bicyclic) bond motifs is 1. The van der Waals surface area contributed by atoms with Crippen LogP contribution in [-0.4, -0.2) is 35.6 Å². The van der Waals surface area contributed by atoms with Crippen molar-refractivity contribution in [3.8, 4) is 0 Å². The molecule has 0 radical (unpaired) electrons. The van der Waals surface area contributed by atoms with Gasteiger partial charge in [-0.15, -0.1) is 11.2 Å². The molecule has 0 aliphatic carbocycles. The summed E-state index contributed by atoms with van der Waals surface area (Å²) < 4.78 is 1.69. The van der Waals surface area contributed by atoms with E-state index in [9.17, 15) is 0 Å². The van der Waals surface area contributed by atoms with E-state index < -0.39 is 0 Å². The van der Waals surface area contributed by atoms with Crippen LogP contribution in [0, 0.1) is 6.04 Å². The van der Waals surface area contributed by atoms with Crippen LogP contribution in [-0.2, 0) is 0 Å². The van der Waals surface area contributed by atoms with Crippen molar-refractivity contribution in [3.05, 3.63) is 36.1 Å². The molecule has 2 aromatic heterocycles. The zero-order valence-corrected chi connectivity index (χ0v) is 9.49. The molecule has 3 rings (SSSR count). The molecule has 0 aliphatic rings. The number of aromatic nitrogens is 7. The summed E-state index contributed by atoms with van der Waals surface area (Å²) in [6, 6.07) is 8.49.